The second-order valence-electron chi connectivity index (χ2n) is 5.97. The molecule has 0 saturated carbocycles. The highest BCUT2D eigenvalue weighted by Crippen LogP contribution is 2.29. The molecular formula is C17H20N4O4S. The molecule has 2 heterocycles. The Bertz CT molecular complexity index is 723. The molecule has 3 rings (SSSR count). The van der Waals surface area contributed by atoms with Crippen LogP contribution in [0.25, 0.3) is 0 Å². The van der Waals surface area contributed by atoms with Gasteiger partial charge in [0.1, 0.15) is 12.2 Å². The topological polar surface area (TPSA) is 105 Å². The minimum absolute atomic E-state index is 0.151. The van der Waals surface area contributed by atoms with Crippen LogP contribution >= 0.6 is 12.2 Å². The van der Waals surface area contributed by atoms with Gasteiger partial charge in [0.25, 0.3) is 0 Å². The van der Waals surface area contributed by atoms with E-state index in [4.69, 9.17) is 31.7 Å². The summed E-state index contributed by atoms with van der Waals surface area (Å²) in [5.74, 6) is 0. The van der Waals surface area contributed by atoms with Crippen molar-refractivity contribution in [2.24, 2.45) is 0 Å². The third kappa shape index (κ3) is 4.22. The zero-order valence-corrected chi connectivity index (χ0v) is 15.0. The van der Waals surface area contributed by atoms with Crippen LogP contribution in [0.4, 0.5) is 10.5 Å². The molecular weight excluding hydrogens is 356 g/mol. The molecule has 1 amide bonds. The van der Waals surface area contributed by atoms with E-state index in [1.54, 1.807) is 18.2 Å². The van der Waals surface area contributed by atoms with Gasteiger partial charge in [0.2, 0.25) is 0 Å². The first-order chi connectivity index (χ1) is 12.6. The summed E-state index contributed by atoms with van der Waals surface area (Å²) in [5.41, 5.74) is 1.27. The van der Waals surface area contributed by atoms with E-state index >= 15 is 0 Å². The summed E-state index contributed by atoms with van der Waals surface area (Å²) in [7, 11) is 0. The van der Waals surface area contributed by atoms with Crippen molar-refractivity contribution in [1.29, 1.82) is 5.26 Å². The van der Waals surface area contributed by atoms with Crippen molar-refractivity contribution >= 4 is 29.1 Å². The first-order valence-corrected chi connectivity index (χ1v) is 8.77. The Morgan fingerprint density at radius 3 is 2.96 bits per heavy atom. The first kappa shape index (κ1) is 18.4. The Morgan fingerprint density at radius 1 is 1.38 bits per heavy atom. The standard InChI is InChI=1S/C17H20N4O4S/c1-2-19-17(22)25-13-9-24-14-12(8-23-15(13)14)21-16(26)20-11-5-3-4-10(6-11)7-18/h3-6,12-15H,2,8-9H2,1H3,(H,19,22)(H2,20,21,26)/t12-,13+,14+,15+/m0/s1. The molecule has 0 radical (unpaired) electrons. The monoisotopic (exact) mass is 376 g/mol. The van der Waals surface area contributed by atoms with Crippen molar-refractivity contribution < 1.29 is 19.0 Å². The molecule has 0 bridgehead atoms. The number of nitrogens with one attached hydrogen (secondary N) is 3. The largest absolute Gasteiger partial charge is 0.441 e. The van der Waals surface area contributed by atoms with Gasteiger partial charge in [0.05, 0.1) is 30.9 Å². The molecule has 1 aromatic rings. The number of carbonyl (C=O) groups excluding carboxylic acids is 1. The predicted molar refractivity (Wildman–Crippen MR) is 97.7 cm³/mol. The lowest BCUT2D eigenvalue weighted by Gasteiger charge is -2.20. The number of rotatable bonds is 4. The van der Waals surface area contributed by atoms with E-state index < -0.39 is 12.2 Å². The Kier molecular flexibility index (Phi) is 5.88. The number of anilines is 1. The third-order valence-corrected chi connectivity index (χ3v) is 4.37. The van der Waals surface area contributed by atoms with Crippen LogP contribution in [0.3, 0.4) is 0 Å². The third-order valence-electron chi connectivity index (χ3n) is 4.15. The minimum atomic E-state index is -0.476. The van der Waals surface area contributed by atoms with Gasteiger partial charge >= 0.3 is 6.09 Å². The van der Waals surface area contributed by atoms with Gasteiger partial charge in [-0.25, -0.2) is 4.79 Å². The molecule has 9 heteroatoms. The van der Waals surface area contributed by atoms with E-state index in [1.165, 1.54) is 0 Å². The fourth-order valence-electron chi connectivity index (χ4n) is 3.01. The zero-order chi connectivity index (χ0) is 18.5. The Balaban J connectivity index is 1.53. The average Bonchev–Trinajstić information content (AvgIpc) is 3.19. The molecule has 4 atom stereocenters. The zero-order valence-electron chi connectivity index (χ0n) is 14.2. The van der Waals surface area contributed by atoms with Crippen LogP contribution in [0.5, 0.6) is 0 Å². The van der Waals surface area contributed by atoms with E-state index in [1.807, 2.05) is 13.0 Å². The summed E-state index contributed by atoms with van der Waals surface area (Å²) in [6, 6.07) is 8.97. The number of nitrogens with zero attached hydrogens (tertiary/aromatic N) is 1. The maximum absolute atomic E-state index is 11.6. The van der Waals surface area contributed by atoms with Gasteiger partial charge in [-0.15, -0.1) is 0 Å². The summed E-state index contributed by atoms with van der Waals surface area (Å²) >= 11 is 5.33. The number of benzene rings is 1. The summed E-state index contributed by atoms with van der Waals surface area (Å²) < 4.78 is 16.8. The van der Waals surface area contributed by atoms with E-state index in [0.717, 1.165) is 5.69 Å². The number of nitriles is 1. The van der Waals surface area contributed by atoms with Crippen molar-refractivity contribution in [3.63, 3.8) is 0 Å². The second-order valence-corrected chi connectivity index (χ2v) is 6.38. The molecule has 2 saturated heterocycles. The number of alkyl carbamates (subject to hydrolysis) is 1. The van der Waals surface area contributed by atoms with Crippen LogP contribution in [0.1, 0.15) is 12.5 Å². The van der Waals surface area contributed by atoms with Crippen LogP contribution in [0.2, 0.25) is 0 Å². The van der Waals surface area contributed by atoms with Crippen molar-refractivity contribution in [3.05, 3.63) is 29.8 Å². The summed E-state index contributed by atoms with van der Waals surface area (Å²) in [4.78, 5) is 11.6. The molecule has 0 aromatic heterocycles. The number of hydrogen-bond acceptors (Lipinski definition) is 6. The van der Waals surface area contributed by atoms with Crippen molar-refractivity contribution in [2.75, 3.05) is 25.1 Å². The maximum atomic E-state index is 11.6. The molecule has 1 aromatic carbocycles. The number of thiocarbonyl (C=S) groups is 1. The summed E-state index contributed by atoms with van der Waals surface area (Å²) in [6.45, 7) is 3.00. The fourth-order valence-corrected chi connectivity index (χ4v) is 3.28. The highest BCUT2D eigenvalue weighted by Gasteiger charge is 2.49. The summed E-state index contributed by atoms with van der Waals surface area (Å²) in [5, 5.41) is 18.2. The smallest absolute Gasteiger partial charge is 0.407 e. The molecule has 2 aliphatic rings. The van der Waals surface area contributed by atoms with Gasteiger partial charge < -0.3 is 30.2 Å². The van der Waals surface area contributed by atoms with Gasteiger partial charge in [-0.05, 0) is 37.3 Å². The number of amides is 1. The van der Waals surface area contributed by atoms with E-state index in [0.29, 0.717) is 23.8 Å². The van der Waals surface area contributed by atoms with E-state index in [9.17, 15) is 4.79 Å². The average molecular weight is 376 g/mol. The molecule has 2 aliphatic heterocycles. The van der Waals surface area contributed by atoms with Crippen molar-refractivity contribution in [1.82, 2.24) is 10.6 Å². The quantitative estimate of drug-likeness (QED) is 0.672. The van der Waals surface area contributed by atoms with Gasteiger partial charge in [-0.2, -0.15) is 5.26 Å². The molecule has 0 unspecified atom stereocenters. The Morgan fingerprint density at radius 2 is 2.19 bits per heavy atom. The normalized spacial score (nSPS) is 26.5. The van der Waals surface area contributed by atoms with Crippen molar-refractivity contribution in [3.8, 4) is 6.07 Å². The van der Waals surface area contributed by atoms with Crippen LogP contribution in [0, 0.1) is 11.3 Å². The van der Waals surface area contributed by atoms with Gasteiger partial charge in [0, 0.05) is 12.2 Å². The molecule has 2 fully saturated rings. The number of carbonyl (C=O) groups is 1. The highest BCUT2D eigenvalue weighted by molar-refractivity contribution is 7.80. The number of ether oxygens (including phenoxy) is 3. The molecule has 138 valence electrons. The first-order valence-electron chi connectivity index (χ1n) is 8.36. The van der Waals surface area contributed by atoms with Crippen LogP contribution < -0.4 is 16.0 Å². The van der Waals surface area contributed by atoms with Gasteiger partial charge in [0.15, 0.2) is 11.2 Å². The van der Waals surface area contributed by atoms with Crippen LogP contribution in [0.15, 0.2) is 24.3 Å². The molecule has 0 aliphatic carbocycles. The summed E-state index contributed by atoms with van der Waals surface area (Å²) in [6.07, 6.45) is -1.48. The predicted octanol–water partition coefficient (Wildman–Crippen LogP) is 1.13. The Hall–Kier alpha value is -2.41. The van der Waals surface area contributed by atoms with E-state index in [2.05, 4.69) is 22.0 Å². The maximum Gasteiger partial charge on any atom is 0.407 e. The Labute approximate surface area is 156 Å². The SMILES string of the molecule is CCNC(=O)O[C@@H]1CO[C@H]2[C@@H]1OC[C@@H]2NC(=S)Nc1cccc(C#N)c1. The lowest BCUT2D eigenvalue weighted by Crippen LogP contribution is -2.46. The molecule has 3 N–H and O–H groups in total. The molecule has 0 spiro atoms. The molecule has 8 nitrogen and oxygen atoms in total. The number of fused-ring (bicyclic) bond motifs is 1. The van der Waals surface area contributed by atoms with Gasteiger partial charge in [-0.3, -0.25) is 0 Å². The fraction of sp³-hybridized carbons (Fsp3) is 0.471. The second kappa shape index (κ2) is 8.31. The van der Waals surface area contributed by atoms with Crippen LogP contribution in [-0.4, -0.2) is 55.3 Å². The van der Waals surface area contributed by atoms with E-state index in [-0.39, 0.29) is 24.9 Å². The lowest BCUT2D eigenvalue weighted by molar-refractivity contribution is 0.00425. The van der Waals surface area contributed by atoms with Gasteiger partial charge in [-0.1, -0.05) is 6.07 Å². The molecule has 26 heavy (non-hydrogen) atoms. The van der Waals surface area contributed by atoms with Crippen molar-refractivity contribution in [2.45, 2.75) is 31.3 Å². The number of hydrogen-bond donors (Lipinski definition) is 3. The highest BCUT2D eigenvalue weighted by atomic mass is 32.1. The minimum Gasteiger partial charge on any atom is -0.441 e. The lowest BCUT2D eigenvalue weighted by atomic mass is 10.1. The van der Waals surface area contributed by atoms with Crippen LogP contribution in [-0.2, 0) is 14.2 Å².